The van der Waals surface area contributed by atoms with Crippen LogP contribution >= 0.6 is 34.7 Å². The van der Waals surface area contributed by atoms with Gasteiger partial charge in [-0.2, -0.15) is 0 Å². The van der Waals surface area contributed by atoms with Crippen LogP contribution in [-0.4, -0.2) is 29.2 Å². The fourth-order valence-electron chi connectivity index (χ4n) is 2.24. The van der Waals surface area contributed by atoms with E-state index in [1.54, 1.807) is 13.0 Å². The van der Waals surface area contributed by atoms with Crippen molar-refractivity contribution in [2.45, 2.75) is 23.4 Å². The fourth-order valence-corrected chi connectivity index (χ4v) is 4.07. The SMILES string of the molecule is CCC(=O)Nc1nnc(SCc2cc(=O)c(OC(=O)c3cc(Cl)ccc3OC)co2)s1. The first kappa shape index (κ1) is 22.8. The smallest absolute Gasteiger partial charge is 0.347 e. The number of methoxy groups -OCH3 is 1. The molecule has 0 saturated heterocycles. The molecule has 0 saturated carbocycles. The van der Waals surface area contributed by atoms with E-state index in [0.29, 0.717) is 32.4 Å². The summed E-state index contributed by atoms with van der Waals surface area (Å²) in [4.78, 5) is 36.1. The lowest BCUT2D eigenvalue weighted by Crippen LogP contribution is -2.15. The molecule has 0 unspecified atom stereocenters. The summed E-state index contributed by atoms with van der Waals surface area (Å²) in [6.07, 6.45) is 1.41. The minimum atomic E-state index is -0.802. The molecule has 0 aliphatic rings. The maximum Gasteiger partial charge on any atom is 0.347 e. The van der Waals surface area contributed by atoms with Gasteiger partial charge in [0.15, 0.2) is 4.34 Å². The van der Waals surface area contributed by atoms with E-state index in [2.05, 4.69) is 15.5 Å². The number of halogens is 1. The van der Waals surface area contributed by atoms with Gasteiger partial charge in [0, 0.05) is 17.5 Å². The highest BCUT2D eigenvalue weighted by Gasteiger charge is 2.18. The lowest BCUT2D eigenvalue weighted by molar-refractivity contribution is -0.115. The fraction of sp³-hybridized carbons (Fsp3) is 0.211. The molecule has 3 aromatic rings. The number of carbonyl (C=O) groups excluding carboxylic acids is 2. The molecule has 0 spiro atoms. The molecule has 1 aromatic carbocycles. The predicted octanol–water partition coefficient (Wildman–Crippen LogP) is 4.01. The van der Waals surface area contributed by atoms with E-state index in [1.807, 2.05) is 0 Å². The van der Waals surface area contributed by atoms with Gasteiger partial charge < -0.3 is 19.2 Å². The summed E-state index contributed by atoms with van der Waals surface area (Å²) >= 11 is 8.41. The molecule has 0 aliphatic carbocycles. The van der Waals surface area contributed by atoms with Gasteiger partial charge in [0.1, 0.15) is 23.3 Å². The number of aromatic nitrogens is 2. The van der Waals surface area contributed by atoms with Crippen molar-refractivity contribution in [2.24, 2.45) is 0 Å². The largest absolute Gasteiger partial charge is 0.496 e. The molecular weight excluding hydrogens is 466 g/mol. The lowest BCUT2D eigenvalue weighted by atomic mass is 10.2. The molecule has 0 aliphatic heterocycles. The van der Waals surface area contributed by atoms with Gasteiger partial charge in [-0.1, -0.05) is 41.6 Å². The van der Waals surface area contributed by atoms with Gasteiger partial charge in [0.05, 0.1) is 12.9 Å². The highest BCUT2D eigenvalue weighted by atomic mass is 35.5. The number of rotatable bonds is 8. The second-order valence-electron chi connectivity index (χ2n) is 5.87. The molecule has 0 atom stereocenters. The van der Waals surface area contributed by atoms with Gasteiger partial charge in [-0.15, -0.1) is 10.2 Å². The van der Waals surface area contributed by atoms with Gasteiger partial charge in [-0.25, -0.2) is 4.79 Å². The standard InChI is InChI=1S/C19H16ClN3O6S2/c1-3-16(25)21-18-22-23-19(31-18)30-9-11-7-13(24)15(8-28-11)29-17(26)12-6-10(20)4-5-14(12)27-2/h4-8H,3,9H2,1-2H3,(H,21,22,25). The number of thioether (sulfide) groups is 1. The summed E-state index contributed by atoms with van der Waals surface area (Å²) < 4.78 is 16.3. The monoisotopic (exact) mass is 481 g/mol. The first-order chi connectivity index (χ1) is 14.9. The summed E-state index contributed by atoms with van der Waals surface area (Å²) in [6, 6.07) is 5.70. The first-order valence-electron chi connectivity index (χ1n) is 8.83. The molecule has 12 heteroatoms. The van der Waals surface area contributed by atoms with E-state index in [4.69, 9.17) is 25.5 Å². The summed E-state index contributed by atoms with van der Waals surface area (Å²) in [6.45, 7) is 1.74. The third-order valence-electron chi connectivity index (χ3n) is 3.75. The zero-order chi connectivity index (χ0) is 22.4. The minimum absolute atomic E-state index is 0.0799. The number of anilines is 1. The zero-order valence-electron chi connectivity index (χ0n) is 16.3. The van der Waals surface area contributed by atoms with E-state index in [0.717, 1.165) is 6.26 Å². The second-order valence-corrected chi connectivity index (χ2v) is 8.51. The number of esters is 1. The number of hydrogen-bond donors (Lipinski definition) is 1. The molecule has 1 N–H and O–H groups in total. The Morgan fingerprint density at radius 3 is 2.77 bits per heavy atom. The molecular formula is C19H16ClN3O6S2. The van der Waals surface area contributed by atoms with Crippen LogP contribution in [0.3, 0.4) is 0 Å². The number of nitrogens with one attached hydrogen (secondary N) is 1. The summed E-state index contributed by atoms with van der Waals surface area (Å²) in [7, 11) is 1.40. The van der Waals surface area contributed by atoms with Crippen molar-refractivity contribution < 1.29 is 23.5 Å². The molecule has 2 aromatic heterocycles. The highest BCUT2D eigenvalue weighted by molar-refractivity contribution is 8.00. The van der Waals surface area contributed by atoms with E-state index in [1.165, 1.54) is 48.4 Å². The highest BCUT2D eigenvalue weighted by Crippen LogP contribution is 2.28. The molecule has 3 rings (SSSR count). The van der Waals surface area contributed by atoms with E-state index in [-0.39, 0.29) is 23.0 Å². The number of amides is 1. The van der Waals surface area contributed by atoms with Crippen LogP contribution in [0.5, 0.6) is 11.5 Å². The van der Waals surface area contributed by atoms with Crippen molar-refractivity contribution in [3.8, 4) is 11.5 Å². The Morgan fingerprint density at radius 1 is 1.26 bits per heavy atom. The number of hydrogen-bond acceptors (Lipinski definition) is 10. The maximum atomic E-state index is 12.4. The van der Waals surface area contributed by atoms with Crippen LogP contribution in [0.25, 0.3) is 0 Å². The minimum Gasteiger partial charge on any atom is -0.496 e. The molecule has 0 fully saturated rings. The van der Waals surface area contributed by atoms with Gasteiger partial charge in [-0.05, 0) is 18.2 Å². The summed E-state index contributed by atoms with van der Waals surface area (Å²) in [5.74, 6) is -0.310. The van der Waals surface area contributed by atoms with Crippen molar-refractivity contribution in [3.63, 3.8) is 0 Å². The van der Waals surface area contributed by atoms with Crippen molar-refractivity contribution in [3.05, 3.63) is 57.1 Å². The van der Waals surface area contributed by atoms with E-state index >= 15 is 0 Å². The molecule has 2 heterocycles. The molecule has 31 heavy (non-hydrogen) atoms. The average Bonchev–Trinajstić information content (AvgIpc) is 3.21. The van der Waals surface area contributed by atoms with Crippen molar-refractivity contribution in [2.75, 3.05) is 12.4 Å². The Kier molecular flexibility index (Phi) is 7.66. The topological polar surface area (TPSA) is 121 Å². The van der Waals surface area contributed by atoms with Crippen LogP contribution in [0.2, 0.25) is 5.02 Å². The van der Waals surface area contributed by atoms with Crippen molar-refractivity contribution >= 4 is 51.7 Å². The van der Waals surface area contributed by atoms with Gasteiger partial charge in [0.2, 0.25) is 22.2 Å². The normalized spacial score (nSPS) is 10.5. The molecule has 0 bridgehead atoms. The molecule has 1 amide bonds. The third-order valence-corrected chi connectivity index (χ3v) is 5.98. The molecule has 0 radical (unpaired) electrons. The Morgan fingerprint density at radius 2 is 2.06 bits per heavy atom. The van der Waals surface area contributed by atoms with Crippen molar-refractivity contribution in [1.29, 1.82) is 0 Å². The Balaban J connectivity index is 1.64. The number of benzene rings is 1. The second kappa shape index (κ2) is 10.4. The summed E-state index contributed by atoms with van der Waals surface area (Å²) in [5.41, 5.74) is -0.444. The first-order valence-corrected chi connectivity index (χ1v) is 11.0. The number of carbonyl (C=O) groups is 2. The predicted molar refractivity (Wildman–Crippen MR) is 116 cm³/mol. The Labute approximate surface area is 189 Å². The van der Waals surface area contributed by atoms with Gasteiger partial charge >= 0.3 is 5.97 Å². The van der Waals surface area contributed by atoms with E-state index < -0.39 is 11.4 Å². The average molecular weight is 482 g/mol. The lowest BCUT2D eigenvalue weighted by Gasteiger charge is -2.08. The quantitative estimate of drug-likeness (QED) is 0.289. The van der Waals surface area contributed by atoms with Gasteiger partial charge in [-0.3, -0.25) is 9.59 Å². The Bertz CT molecular complexity index is 1160. The van der Waals surface area contributed by atoms with Crippen LogP contribution in [0.1, 0.15) is 29.5 Å². The zero-order valence-corrected chi connectivity index (χ0v) is 18.7. The number of nitrogens with zero attached hydrogens (tertiary/aromatic N) is 2. The van der Waals surface area contributed by atoms with Crippen LogP contribution in [0.4, 0.5) is 5.13 Å². The van der Waals surface area contributed by atoms with Crippen LogP contribution in [-0.2, 0) is 10.5 Å². The number of ether oxygens (including phenoxy) is 2. The van der Waals surface area contributed by atoms with E-state index in [9.17, 15) is 14.4 Å². The summed E-state index contributed by atoms with van der Waals surface area (Å²) in [5, 5.41) is 11.2. The van der Waals surface area contributed by atoms with Crippen molar-refractivity contribution in [1.82, 2.24) is 10.2 Å². The van der Waals surface area contributed by atoms with Crippen LogP contribution < -0.4 is 20.2 Å². The molecule has 162 valence electrons. The van der Waals surface area contributed by atoms with Gasteiger partial charge in [0.25, 0.3) is 0 Å². The third kappa shape index (κ3) is 6.06. The van der Waals surface area contributed by atoms with Crippen LogP contribution in [0, 0.1) is 0 Å². The maximum absolute atomic E-state index is 12.4. The van der Waals surface area contributed by atoms with Crippen LogP contribution in [0.15, 0.2) is 44.1 Å². The molecule has 9 nitrogen and oxygen atoms in total. The Hall–Kier alpha value is -2.89.